The van der Waals surface area contributed by atoms with Crippen molar-refractivity contribution in [2.24, 2.45) is 10.9 Å². The molecule has 2 rings (SSSR count). The van der Waals surface area contributed by atoms with Gasteiger partial charge in [-0.05, 0) is 52.5 Å². The zero-order valence-corrected chi connectivity index (χ0v) is 17.6. The van der Waals surface area contributed by atoms with Crippen molar-refractivity contribution in [1.82, 2.24) is 19.8 Å². The molecule has 1 heterocycles. The fourth-order valence-corrected chi connectivity index (χ4v) is 4.26. The summed E-state index contributed by atoms with van der Waals surface area (Å²) in [6, 6.07) is 0.998. The van der Waals surface area contributed by atoms with Crippen molar-refractivity contribution in [2.75, 3.05) is 39.8 Å². The van der Waals surface area contributed by atoms with Crippen molar-refractivity contribution in [2.45, 2.75) is 57.1 Å². The van der Waals surface area contributed by atoms with E-state index in [2.05, 4.69) is 34.5 Å². The molecule has 2 aliphatic rings. The molecule has 1 unspecified atom stereocenters. The van der Waals surface area contributed by atoms with Gasteiger partial charge in [-0.3, -0.25) is 9.89 Å². The van der Waals surface area contributed by atoms with Gasteiger partial charge in [-0.2, -0.15) is 17.5 Å². The highest BCUT2D eigenvalue weighted by Crippen LogP contribution is 2.30. The van der Waals surface area contributed by atoms with Gasteiger partial charge in [-0.1, -0.05) is 0 Å². The molecule has 28 heavy (non-hydrogen) atoms. The Kier molecular flexibility index (Phi) is 7.97. The van der Waals surface area contributed by atoms with Crippen LogP contribution in [-0.4, -0.2) is 80.9 Å². The number of aliphatic imine (C=N–C) groups is 1. The minimum Gasteiger partial charge on any atom is -0.357 e. The molecule has 0 aromatic heterocycles. The summed E-state index contributed by atoms with van der Waals surface area (Å²) in [4.78, 5) is 6.95. The summed E-state index contributed by atoms with van der Waals surface area (Å²) in [6.07, 6.45) is 3.27. The van der Waals surface area contributed by atoms with E-state index in [1.807, 2.05) is 6.92 Å². The van der Waals surface area contributed by atoms with Crippen LogP contribution >= 0.6 is 0 Å². The second kappa shape index (κ2) is 9.62. The Labute approximate surface area is 165 Å². The van der Waals surface area contributed by atoms with E-state index in [0.717, 1.165) is 0 Å². The predicted octanol–water partition coefficient (Wildman–Crippen LogP) is 1.59. The first-order chi connectivity index (χ1) is 13.1. The van der Waals surface area contributed by atoms with Gasteiger partial charge in [0.05, 0.1) is 6.54 Å². The average molecular weight is 428 g/mol. The van der Waals surface area contributed by atoms with Crippen molar-refractivity contribution < 1.29 is 21.6 Å². The lowest BCUT2D eigenvalue weighted by molar-refractivity contribution is -0.0496. The molecule has 2 fully saturated rings. The second-order valence-electron chi connectivity index (χ2n) is 7.64. The van der Waals surface area contributed by atoms with Crippen LogP contribution in [0.25, 0.3) is 0 Å². The van der Waals surface area contributed by atoms with Gasteiger partial charge in [0.25, 0.3) is 0 Å². The third-order valence-corrected chi connectivity index (χ3v) is 7.07. The molecule has 0 amide bonds. The molecule has 7 nitrogen and oxygen atoms in total. The van der Waals surface area contributed by atoms with Crippen LogP contribution in [0.15, 0.2) is 4.99 Å². The van der Waals surface area contributed by atoms with E-state index in [9.17, 15) is 21.6 Å². The minimum atomic E-state index is -5.23. The lowest BCUT2D eigenvalue weighted by Gasteiger charge is -2.31. The number of nitrogens with zero attached hydrogens (tertiary/aromatic N) is 3. The van der Waals surface area contributed by atoms with Crippen LogP contribution in [0.3, 0.4) is 0 Å². The van der Waals surface area contributed by atoms with Crippen LogP contribution in [0.4, 0.5) is 13.2 Å². The number of sulfonamides is 1. The van der Waals surface area contributed by atoms with Gasteiger partial charge in [-0.25, -0.2) is 8.42 Å². The predicted molar refractivity (Wildman–Crippen MR) is 104 cm³/mol. The third-order valence-electron chi connectivity index (χ3n) is 5.44. The van der Waals surface area contributed by atoms with Crippen molar-refractivity contribution in [3.63, 3.8) is 0 Å². The number of hydrogen-bond acceptors (Lipinski definition) is 4. The molecule has 1 saturated carbocycles. The Morgan fingerprint density at radius 3 is 2.32 bits per heavy atom. The van der Waals surface area contributed by atoms with E-state index in [0.29, 0.717) is 54.8 Å². The maximum Gasteiger partial charge on any atom is 0.511 e. The topological polar surface area (TPSA) is 77.0 Å². The van der Waals surface area contributed by atoms with Gasteiger partial charge in [-0.15, -0.1) is 0 Å². The lowest BCUT2D eigenvalue weighted by atomic mass is 9.98. The monoisotopic (exact) mass is 427 g/mol. The van der Waals surface area contributed by atoms with E-state index >= 15 is 0 Å². The highest BCUT2D eigenvalue weighted by atomic mass is 32.2. The number of nitrogens with one attached hydrogen (secondary N) is 2. The summed E-state index contributed by atoms with van der Waals surface area (Å²) in [6.45, 7) is 5.82. The van der Waals surface area contributed by atoms with Crippen LogP contribution in [0.5, 0.6) is 0 Å². The first-order valence-corrected chi connectivity index (χ1v) is 11.3. The van der Waals surface area contributed by atoms with Crippen LogP contribution in [-0.2, 0) is 10.0 Å². The van der Waals surface area contributed by atoms with Crippen molar-refractivity contribution in [1.29, 1.82) is 0 Å². The zero-order valence-electron chi connectivity index (χ0n) is 16.8. The molecule has 1 aliphatic heterocycles. The molecule has 2 N–H and O–H groups in total. The number of likely N-dealkylation sites (N-methyl/N-ethyl adjacent to an activating group) is 1. The second-order valence-corrected chi connectivity index (χ2v) is 9.57. The van der Waals surface area contributed by atoms with Crippen LogP contribution in [0.2, 0.25) is 0 Å². The largest absolute Gasteiger partial charge is 0.511 e. The maximum absolute atomic E-state index is 12.6. The van der Waals surface area contributed by atoms with Gasteiger partial charge >= 0.3 is 15.5 Å². The van der Waals surface area contributed by atoms with Gasteiger partial charge in [0.2, 0.25) is 0 Å². The maximum atomic E-state index is 12.6. The molecular weight excluding hydrogens is 395 g/mol. The molecule has 0 aromatic rings. The van der Waals surface area contributed by atoms with Crippen molar-refractivity contribution in [3.8, 4) is 0 Å². The number of halogens is 3. The molecule has 1 atom stereocenters. The molecule has 1 saturated heterocycles. The number of guanidine groups is 1. The van der Waals surface area contributed by atoms with Gasteiger partial charge in [0, 0.05) is 38.3 Å². The van der Waals surface area contributed by atoms with Crippen LogP contribution in [0, 0.1) is 5.92 Å². The Balaban J connectivity index is 1.80. The Morgan fingerprint density at radius 1 is 1.21 bits per heavy atom. The SMILES string of the molecule is CCNC(=NCC(C)N(C)C1CC1)NCC1CCN(S(=O)(=O)C(F)(F)F)CC1. The van der Waals surface area contributed by atoms with E-state index in [4.69, 9.17) is 0 Å². The van der Waals surface area contributed by atoms with Crippen molar-refractivity contribution in [3.05, 3.63) is 0 Å². The molecule has 0 spiro atoms. The molecule has 0 aromatic carbocycles. The normalized spacial score (nSPS) is 21.8. The molecule has 0 radical (unpaired) electrons. The smallest absolute Gasteiger partial charge is 0.357 e. The lowest BCUT2D eigenvalue weighted by Crippen LogP contribution is -2.47. The van der Waals surface area contributed by atoms with E-state index < -0.39 is 15.5 Å². The number of hydrogen-bond donors (Lipinski definition) is 2. The molecule has 1 aliphatic carbocycles. The standard InChI is InChI=1S/C17H32F3N5O2S/c1-4-21-16(22-11-13(2)24(3)15-5-6-15)23-12-14-7-9-25(10-8-14)28(26,27)17(18,19)20/h13-15H,4-12H2,1-3H3,(H2,21,22,23). The Hall–Kier alpha value is -1.07. The van der Waals surface area contributed by atoms with E-state index in [1.165, 1.54) is 12.8 Å². The minimum absolute atomic E-state index is 0.106. The highest BCUT2D eigenvalue weighted by molar-refractivity contribution is 7.90. The quantitative estimate of drug-likeness (QED) is 0.454. The van der Waals surface area contributed by atoms with Crippen LogP contribution < -0.4 is 10.6 Å². The summed E-state index contributed by atoms with van der Waals surface area (Å²) in [5.41, 5.74) is -5.23. The van der Waals surface area contributed by atoms with Crippen LogP contribution in [0.1, 0.15) is 39.5 Å². The first-order valence-electron chi connectivity index (χ1n) is 9.86. The van der Waals surface area contributed by atoms with Gasteiger partial charge in [0.1, 0.15) is 0 Å². The molecular formula is C17H32F3N5O2S. The van der Waals surface area contributed by atoms with E-state index in [-0.39, 0.29) is 19.0 Å². The van der Waals surface area contributed by atoms with E-state index in [1.54, 1.807) is 0 Å². The van der Waals surface area contributed by atoms with Gasteiger partial charge in [0.15, 0.2) is 5.96 Å². The summed E-state index contributed by atoms with van der Waals surface area (Å²) in [7, 11) is -3.11. The summed E-state index contributed by atoms with van der Waals surface area (Å²) in [5, 5.41) is 6.42. The average Bonchev–Trinajstić information content (AvgIpc) is 3.47. The molecule has 0 bridgehead atoms. The summed E-state index contributed by atoms with van der Waals surface area (Å²) < 4.78 is 61.4. The number of rotatable bonds is 8. The summed E-state index contributed by atoms with van der Waals surface area (Å²) >= 11 is 0. The fourth-order valence-electron chi connectivity index (χ4n) is 3.28. The summed E-state index contributed by atoms with van der Waals surface area (Å²) in [5.74, 6) is 0.791. The Morgan fingerprint density at radius 2 is 1.82 bits per heavy atom. The zero-order chi connectivity index (χ0) is 20.9. The first kappa shape index (κ1) is 23.2. The third kappa shape index (κ3) is 6.21. The Bertz CT molecular complexity index is 629. The fraction of sp³-hybridized carbons (Fsp3) is 0.941. The highest BCUT2D eigenvalue weighted by Gasteiger charge is 2.50. The number of piperidine rings is 1. The van der Waals surface area contributed by atoms with Crippen molar-refractivity contribution >= 4 is 16.0 Å². The van der Waals surface area contributed by atoms with Gasteiger partial charge < -0.3 is 10.6 Å². The molecule has 164 valence electrons. The molecule has 11 heteroatoms. The number of alkyl halides is 3.